The highest BCUT2D eigenvalue weighted by Gasteiger charge is 2.36. The number of carbonyl (C=O) groups is 2. The first-order chi connectivity index (χ1) is 16.8. The predicted molar refractivity (Wildman–Crippen MR) is 135 cm³/mol. The van der Waals surface area contributed by atoms with E-state index in [1.54, 1.807) is 33.5 Å². The van der Waals surface area contributed by atoms with E-state index in [0.717, 1.165) is 16.6 Å². The number of amides is 2. The van der Waals surface area contributed by atoms with E-state index in [9.17, 15) is 14.7 Å². The number of methoxy groups -OCH3 is 2. The number of hydrogen-bond acceptors (Lipinski definition) is 8. The molecule has 0 aromatic heterocycles. The molecular weight excluding hydrogens is 466 g/mol. The number of hydrogen-bond donors (Lipinski definition) is 5. The zero-order valence-corrected chi connectivity index (χ0v) is 21.3. The first kappa shape index (κ1) is 27.5. The van der Waals surface area contributed by atoms with Crippen molar-refractivity contribution in [2.45, 2.75) is 52.0 Å². The largest absolute Gasteiger partial charge is 0.496 e. The van der Waals surface area contributed by atoms with Gasteiger partial charge in [-0.25, -0.2) is 0 Å². The van der Waals surface area contributed by atoms with Crippen LogP contribution in [0, 0.1) is 0 Å². The summed E-state index contributed by atoms with van der Waals surface area (Å²) < 4.78 is 16.0. The number of nitrogens with one attached hydrogen (secondary N) is 2. The maximum Gasteiger partial charge on any atom is 0.488 e. The van der Waals surface area contributed by atoms with Gasteiger partial charge < -0.3 is 39.9 Å². The van der Waals surface area contributed by atoms with Crippen molar-refractivity contribution in [1.82, 2.24) is 10.6 Å². The number of aliphatic hydroxyl groups is 1. The molecule has 0 saturated carbocycles. The van der Waals surface area contributed by atoms with Crippen molar-refractivity contribution in [2.24, 2.45) is 0 Å². The van der Waals surface area contributed by atoms with E-state index in [-0.39, 0.29) is 11.8 Å². The van der Waals surface area contributed by atoms with Gasteiger partial charge in [0.2, 0.25) is 0 Å². The molecule has 2 aromatic rings. The van der Waals surface area contributed by atoms with Crippen molar-refractivity contribution >= 4 is 37.3 Å². The Bertz CT molecular complexity index is 1160. The fourth-order valence-electron chi connectivity index (χ4n) is 3.61. The van der Waals surface area contributed by atoms with Crippen molar-refractivity contribution in [2.75, 3.05) is 14.2 Å². The molecular formula is C24H31B2N2O8. The smallest absolute Gasteiger partial charge is 0.488 e. The zero-order valence-electron chi connectivity index (χ0n) is 21.3. The standard InChI is InChI=1S/C15H21BNO4.C9H10BNO4/c1-14(2,19)15(3,4)21-16-10-6-9-8-17-13(18)12(9)11(7-10)20-5;1-15-7-3-6(10(13)14)2-5-4-11-9(12)8(5)7/h6-7,19H,8H2,1-5H3,(H,17,18);2-3,13-14H,4H2,1H3,(H,11,12). The molecule has 0 atom stereocenters. The van der Waals surface area contributed by atoms with Gasteiger partial charge in [0.05, 0.1) is 36.5 Å². The van der Waals surface area contributed by atoms with Gasteiger partial charge in [-0.3, -0.25) is 9.59 Å². The highest BCUT2D eigenvalue weighted by atomic mass is 16.5. The number of benzene rings is 2. The SMILES string of the molecule is COc1cc(B(O)O)cc2c1C(=O)NC2.COc1cc([B]OC(C)(C)C(C)(C)O)cc2c1C(=O)NC2. The van der Waals surface area contributed by atoms with Gasteiger partial charge in [-0.05, 0) is 61.9 Å². The van der Waals surface area contributed by atoms with Crippen molar-refractivity contribution in [3.05, 3.63) is 46.5 Å². The van der Waals surface area contributed by atoms with Crippen LogP contribution in [-0.4, -0.2) is 67.0 Å². The summed E-state index contributed by atoms with van der Waals surface area (Å²) in [6.07, 6.45) is 0. The van der Waals surface area contributed by atoms with Gasteiger partial charge in [-0.2, -0.15) is 0 Å². The Morgan fingerprint density at radius 1 is 0.861 bits per heavy atom. The molecule has 2 heterocycles. The molecule has 2 aliphatic heterocycles. The summed E-state index contributed by atoms with van der Waals surface area (Å²) in [5.41, 5.74) is 2.05. The third-order valence-electron chi connectivity index (χ3n) is 6.45. The first-order valence-corrected chi connectivity index (χ1v) is 11.4. The van der Waals surface area contributed by atoms with Crippen LogP contribution in [0.5, 0.6) is 11.5 Å². The summed E-state index contributed by atoms with van der Waals surface area (Å²) in [5.74, 6) is 0.580. The van der Waals surface area contributed by atoms with Crippen LogP contribution in [0.25, 0.3) is 0 Å². The van der Waals surface area contributed by atoms with E-state index in [0.29, 0.717) is 41.2 Å². The Hall–Kier alpha value is -3.05. The maximum atomic E-state index is 11.7. The Morgan fingerprint density at radius 3 is 1.83 bits per heavy atom. The van der Waals surface area contributed by atoms with Crippen LogP contribution in [-0.2, 0) is 17.7 Å². The Morgan fingerprint density at radius 2 is 1.36 bits per heavy atom. The third-order valence-corrected chi connectivity index (χ3v) is 6.45. The van der Waals surface area contributed by atoms with Gasteiger partial charge in [-0.1, -0.05) is 12.1 Å². The van der Waals surface area contributed by atoms with E-state index < -0.39 is 18.3 Å². The molecule has 0 bridgehead atoms. The lowest BCUT2D eigenvalue weighted by atomic mass is 9.79. The van der Waals surface area contributed by atoms with Crippen LogP contribution in [0.4, 0.5) is 0 Å². The second-order valence-electron chi connectivity index (χ2n) is 9.56. The lowest BCUT2D eigenvalue weighted by molar-refractivity contribution is -0.0893. The topological polar surface area (TPSA) is 147 Å². The number of rotatable bonds is 7. The predicted octanol–water partition coefficient (Wildman–Crippen LogP) is -0.632. The van der Waals surface area contributed by atoms with Crippen LogP contribution < -0.4 is 31.0 Å². The quantitative estimate of drug-likeness (QED) is 0.318. The van der Waals surface area contributed by atoms with E-state index in [1.807, 2.05) is 19.9 Å². The number of fused-ring (bicyclic) bond motifs is 2. The van der Waals surface area contributed by atoms with Gasteiger partial charge in [0.25, 0.3) is 11.8 Å². The molecule has 2 aliphatic rings. The molecule has 2 amide bonds. The van der Waals surface area contributed by atoms with Gasteiger partial charge in [0.1, 0.15) is 11.5 Å². The van der Waals surface area contributed by atoms with Crippen molar-refractivity contribution < 1.29 is 38.9 Å². The van der Waals surface area contributed by atoms with Gasteiger partial charge in [0.15, 0.2) is 0 Å². The molecule has 2 aromatic carbocycles. The summed E-state index contributed by atoms with van der Waals surface area (Å²) in [4.78, 5) is 23.1. The summed E-state index contributed by atoms with van der Waals surface area (Å²) in [6.45, 7) is 7.92. The molecule has 4 rings (SSSR count). The van der Waals surface area contributed by atoms with Gasteiger partial charge in [-0.15, -0.1) is 0 Å². The van der Waals surface area contributed by atoms with E-state index in [4.69, 9.17) is 24.2 Å². The van der Waals surface area contributed by atoms with Crippen molar-refractivity contribution in [3.8, 4) is 11.5 Å². The average Bonchev–Trinajstić information content (AvgIpc) is 3.39. The second kappa shape index (κ2) is 10.5. The second-order valence-corrected chi connectivity index (χ2v) is 9.56. The molecule has 1 radical (unpaired) electrons. The average molecular weight is 497 g/mol. The van der Waals surface area contributed by atoms with E-state index in [2.05, 4.69) is 10.6 Å². The van der Waals surface area contributed by atoms with Gasteiger partial charge in [0, 0.05) is 13.1 Å². The van der Waals surface area contributed by atoms with Crippen LogP contribution in [0.1, 0.15) is 59.5 Å². The minimum Gasteiger partial charge on any atom is -0.496 e. The molecule has 36 heavy (non-hydrogen) atoms. The minimum absolute atomic E-state index is 0.119. The first-order valence-electron chi connectivity index (χ1n) is 11.4. The summed E-state index contributed by atoms with van der Waals surface area (Å²) in [6, 6.07) is 6.68. The van der Waals surface area contributed by atoms with Crippen molar-refractivity contribution in [1.29, 1.82) is 0 Å². The molecule has 191 valence electrons. The fraction of sp³-hybridized carbons (Fsp3) is 0.417. The molecule has 0 spiro atoms. The Kier molecular flexibility index (Phi) is 8.04. The molecule has 0 aliphatic carbocycles. The van der Waals surface area contributed by atoms with Crippen LogP contribution in [0.3, 0.4) is 0 Å². The van der Waals surface area contributed by atoms with E-state index in [1.165, 1.54) is 20.3 Å². The lowest BCUT2D eigenvalue weighted by Crippen LogP contribution is -2.49. The molecule has 5 N–H and O–H groups in total. The normalized spacial score (nSPS) is 14.1. The highest BCUT2D eigenvalue weighted by Crippen LogP contribution is 2.27. The highest BCUT2D eigenvalue weighted by molar-refractivity contribution is 6.58. The summed E-state index contributed by atoms with van der Waals surface area (Å²) >= 11 is 0. The lowest BCUT2D eigenvalue weighted by Gasteiger charge is -2.37. The molecule has 0 unspecified atom stereocenters. The minimum atomic E-state index is -1.56. The monoisotopic (exact) mass is 497 g/mol. The van der Waals surface area contributed by atoms with Crippen LogP contribution in [0.15, 0.2) is 24.3 Å². The third kappa shape index (κ3) is 5.67. The van der Waals surface area contributed by atoms with Crippen molar-refractivity contribution in [3.63, 3.8) is 0 Å². The van der Waals surface area contributed by atoms with Crippen LogP contribution in [0.2, 0.25) is 0 Å². The Balaban J connectivity index is 0.000000212. The fourth-order valence-corrected chi connectivity index (χ4v) is 3.61. The maximum absolute atomic E-state index is 11.7. The summed E-state index contributed by atoms with van der Waals surface area (Å²) in [5, 5.41) is 33.6. The molecule has 0 saturated heterocycles. The molecule has 0 fully saturated rings. The van der Waals surface area contributed by atoms with E-state index >= 15 is 0 Å². The number of carbonyl (C=O) groups excluding carboxylic acids is 2. The van der Waals surface area contributed by atoms with Crippen LogP contribution >= 0.6 is 0 Å². The van der Waals surface area contributed by atoms with Gasteiger partial charge >= 0.3 is 14.6 Å². The summed E-state index contributed by atoms with van der Waals surface area (Å²) in [7, 11) is 3.00. The molecule has 10 nitrogen and oxygen atoms in total. The zero-order chi connectivity index (χ0) is 26.8. The number of ether oxygens (including phenoxy) is 2. The molecule has 12 heteroatoms. The Labute approximate surface area is 211 Å².